The van der Waals surface area contributed by atoms with E-state index in [0.29, 0.717) is 29.4 Å². The number of halogens is 1. The normalized spacial score (nSPS) is 17.4. The number of aliphatic carboxylic acids is 2. The first kappa shape index (κ1) is 38.5. The van der Waals surface area contributed by atoms with Crippen LogP contribution in [0.5, 0.6) is 0 Å². The molecule has 3 atom stereocenters. The number of nitrogens with zero attached hydrogens (tertiary/aromatic N) is 2. The van der Waals surface area contributed by atoms with Gasteiger partial charge in [0, 0.05) is 49.3 Å². The summed E-state index contributed by atoms with van der Waals surface area (Å²) in [6.07, 6.45) is 0.320. The molecule has 0 aromatic heterocycles. The van der Waals surface area contributed by atoms with Crippen LogP contribution < -0.4 is 21.7 Å². The van der Waals surface area contributed by atoms with Gasteiger partial charge in [-0.2, -0.15) is 0 Å². The summed E-state index contributed by atoms with van der Waals surface area (Å²) >= 11 is 6.32. The summed E-state index contributed by atoms with van der Waals surface area (Å²) in [7, 11) is 0. The number of aliphatic hydroxyl groups excluding tert-OH is 1. The number of carbonyl (C=O) groups excluding carboxylic acids is 3. The van der Waals surface area contributed by atoms with Crippen LogP contribution in [-0.4, -0.2) is 93.7 Å². The molecule has 0 bridgehead atoms. The van der Waals surface area contributed by atoms with Gasteiger partial charge in [-0.1, -0.05) is 37.6 Å². The van der Waals surface area contributed by atoms with Crippen molar-refractivity contribution in [2.75, 3.05) is 31.1 Å². The maximum absolute atomic E-state index is 13.0. The van der Waals surface area contributed by atoms with Gasteiger partial charge in [-0.25, -0.2) is 9.59 Å². The zero-order valence-corrected chi connectivity index (χ0v) is 26.9. The summed E-state index contributed by atoms with van der Waals surface area (Å²) in [6.45, 7) is 12.1. The molecule has 14 heteroatoms. The van der Waals surface area contributed by atoms with Gasteiger partial charge < -0.3 is 37.0 Å². The Labute approximate surface area is 263 Å². The number of para-hydroxylation sites is 1. The van der Waals surface area contributed by atoms with Gasteiger partial charge in [-0.3, -0.25) is 19.3 Å². The van der Waals surface area contributed by atoms with Crippen molar-refractivity contribution >= 4 is 46.9 Å². The highest BCUT2D eigenvalue weighted by atomic mass is 35.5. The molecule has 1 saturated heterocycles. The van der Waals surface area contributed by atoms with E-state index in [0.717, 1.165) is 0 Å². The number of amides is 3. The summed E-state index contributed by atoms with van der Waals surface area (Å²) in [4.78, 5) is 60.2. The molecule has 13 nitrogen and oxygen atoms in total. The average molecular weight is 640 g/mol. The Morgan fingerprint density at radius 1 is 1.11 bits per heavy atom. The van der Waals surface area contributed by atoms with Crippen LogP contribution in [0.3, 0.4) is 0 Å². The fraction of sp³-hybridized carbons (Fsp3) is 0.567. The number of rotatable bonds is 13. The SMILES string of the molecule is CC(C)[C@H](C[C@H](O)[C@@H](N)CN1CC(=O)N(c2ccccc2Cl)CC1(C)C)C(=O)NCC(C)(C)C(N)=O.O=C(O)/C=C/C(=O)O. The Bertz CT molecular complexity index is 1200. The van der Waals surface area contributed by atoms with E-state index in [-0.39, 0.29) is 43.8 Å². The van der Waals surface area contributed by atoms with Gasteiger partial charge in [-0.05, 0) is 52.2 Å². The number of carboxylic acids is 2. The summed E-state index contributed by atoms with van der Waals surface area (Å²) in [5.41, 5.74) is 11.2. The molecule has 3 amide bonds. The molecule has 0 spiro atoms. The molecule has 0 unspecified atom stereocenters. The summed E-state index contributed by atoms with van der Waals surface area (Å²) < 4.78 is 0. The molecule has 1 aromatic rings. The molecule has 1 aliphatic rings. The van der Waals surface area contributed by atoms with Gasteiger partial charge in [-0.15, -0.1) is 0 Å². The molecular weight excluding hydrogens is 594 g/mol. The number of nitrogens with one attached hydrogen (secondary N) is 1. The van der Waals surface area contributed by atoms with Crippen LogP contribution in [0, 0.1) is 17.3 Å². The first-order valence-corrected chi connectivity index (χ1v) is 14.5. The largest absolute Gasteiger partial charge is 0.478 e. The van der Waals surface area contributed by atoms with Crippen LogP contribution in [0.2, 0.25) is 5.02 Å². The van der Waals surface area contributed by atoms with Crippen LogP contribution in [0.4, 0.5) is 5.69 Å². The number of anilines is 1. The second kappa shape index (κ2) is 16.5. The molecule has 0 radical (unpaired) electrons. The fourth-order valence-corrected chi connectivity index (χ4v) is 4.64. The third kappa shape index (κ3) is 11.9. The molecule has 1 heterocycles. The van der Waals surface area contributed by atoms with E-state index in [9.17, 15) is 29.1 Å². The van der Waals surface area contributed by atoms with E-state index in [1.165, 1.54) is 0 Å². The number of primary amides is 1. The fourth-order valence-electron chi connectivity index (χ4n) is 4.40. The van der Waals surface area contributed by atoms with E-state index in [1.54, 1.807) is 24.8 Å². The predicted molar refractivity (Wildman–Crippen MR) is 167 cm³/mol. The van der Waals surface area contributed by atoms with E-state index in [4.69, 9.17) is 33.3 Å². The number of carbonyl (C=O) groups is 5. The van der Waals surface area contributed by atoms with Crippen molar-refractivity contribution in [2.45, 2.75) is 65.6 Å². The molecule has 0 saturated carbocycles. The smallest absolute Gasteiger partial charge is 0.328 e. The van der Waals surface area contributed by atoms with Crippen LogP contribution >= 0.6 is 11.6 Å². The Kier molecular flexibility index (Phi) is 14.5. The lowest BCUT2D eigenvalue weighted by atomic mass is 9.86. The quantitative estimate of drug-likeness (QED) is 0.171. The lowest BCUT2D eigenvalue weighted by molar-refractivity contribution is -0.134. The summed E-state index contributed by atoms with van der Waals surface area (Å²) in [5.74, 6) is -3.92. The third-order valence-electron chi connectivity index (χ3n) is 7.47. The Balaban J connectivity index is 0.00000106. The van der Waals surface area contributed by atoms with Crippen molar-refractivity contribution in [3.05, 3.63) is 41.4 Å². The van der Waals surface area contributed by atoms with Gasteiger partial charge in [0.2, 0.25) is 17.7 Å². The first-order chi connectivity index (χ1) is 20.2. The van der Waals surface area contributed by atoms with Crippen LogP contribution in [0.15, 0.2) is 36.4 Å². The minimum absolute atomic E-state index is 0.0549. The highest BCUT2D eigenvalue weighted by Crippen LogP contribution is 2.31. The zero-order chi connectivity index (χ0) is 34.0. The molecule has 44 heavy (non-hydrogen) atoms. The van der Waals surface area contributed by atoms with Gasteiger partial charge in [0.15, 0.2) is 0 Å². The summed E-state index contributed by atoms with van der Waals surface area (Å²) in [6, 6.07) is 6.58. The minimum Gasteiger partial charge on any atom is -0.478 e. The van der Waals surface area contributed by atoms with Crippen molar-refractivity contribution in [3.8, 4) is 0 Å². The molecule has 8 N–H and O–H groups in total. The molecule has 1 aromatic carbocycles. The van der Waals surface area contributed by atoms with Crippen LogP contribution in [0.25, 0.3) is 0 Å². The number of nitrogens with two attached hydrogens (primary N) is 2. The lowest BCUT2D eigenvalue weighted by Crippen LogP contribution is -2.64. The van der Waals surface area contributed by atoms with Crippen molar-refractivity contribution in [1.82, 2.24) is 10.2 Å². The Morgan fingerprint density at radius 2 is 1.66 bits per heavy atom. The number of aliphatic hydroxyl groups is 1. The second-order valence-corrected chi connectivity index (χ2v) is 12.8. The topological polar surface area (TPSA) is 217 Å². The van der Waals surface area contributed by atoms with E-state index in [2.05, 4.69) is 5.32 Å². The highest BCUT2D eigenvalue weighted by Gasteiger charge is 2.40. The number of hydrogen-bond acceptors (Lipinski definition) is 8. The van der Waals surface area contributed by atoms with Crippen molar-refractivity contribution in [3.63, 3.8) is 0 Å². The number of carboxylic acid groups (broad SMARTS) is 2. The van der Waals surface area contributed by atoms with Crippen LogP contribution in [-0.2, 0) is 24.0 Å². The van der Waals surface area contributed by atoms with Crippen LogP contribution in [0.1, 0.15) is 48.0 Å². The monoisotopic (exact) mass is 639 g/mol. The second-order valence-electron chi connectivity index (χ2n) is 12.4. The number of piperazine rings is 1. The van der Waals surface area contributed by atoms with Gasteiger partial charge in [0.05, 0.1) is 28.8 Å². The van der Waals surface area contributed by atoms with Gasteiger partial charge in [0.1, 0.15) is 0 Å². The minimum atomic E-state index is -1.26. The molecular formula is C30H46ClN5O8. The highest BCUT2D eigenvalue weighted by molar-refractivity contribution is 6.33. The maximum Gasteiger partial charge on any atom is 0.328 e. The van der Waals surface area contributed by atoms with E-state index < -0.39 is 46.9 Å². The lowest BCUT2D eigenvalue weighted by Gasteiger charge is -2.47. The standard InChI is InChI=1S/C26H42ClN5O4.C4H4O4/c1-16(2)17(23(35)30-14-25(3,4)24(29)36)11-21(33)19(28)12-31-13-22(34)32(15-26(31,5)6)20-10-8-7-9-18(20)27;5-3(6)1-2-4(7)8/h7-10,16-17,19,21,33H,11-15,28H2,1-6H3,(H2,29,36)(H,30,35);1-2H,(H,5,6)(H,7,8)/b;2-1+/t17-,19-,21-;/m0./s1. The number of hydrogen-bond donors (Lipinski definition) is 6. The van der Waals surface area contributed by atoms with E-state index in [1.807, 2.05) is 50.8 Å². The average Bonchev–Trinajstić information content (AvgIpc) is 2.91. The first-order valence-electron chi connectivity index (χ1n) is 14.1. The Morgan fingerprint density at radius 3 is 2.14 bits per heavy atom. The van der Waals surface area contributed by atoms with Crippen molar-refractivity contribution in [1.29, 1.82) is 0 Å². The zero-order valence-electron chi connectivity index (χ0n) is 26.1. The van der Waals surface area contributed by atoms with Crippen molar-refractivity contribution in [2.24, 2.45) is 28.7 Å². The molecule has 0 aliphatic carbocycles. The predicted octanol–water partition coefficient (Wildman–Crippen LogP) is 1.46. The molecule has 1 fully saturated rings. The molecule has 2 rings (SSSR count). The Hall–Kier alpha value is -3.52. The van der Waals surface area contributed by atoms with Crippen molar-refractivity contribution < 1.29 is 39.3 Å². The third-order valence-corrected chi connectivity index (χ3v) is 7.79. The maximum atomic E-state index is 13.0. The summed E-state index contributed by atoms with van der Waals surface area (Å²) in [5, 5.41) is 29.8. The number of benzene rings is 1. The van der Waals surface area contributed by atoms with E-state index >= 15 is 0 Å². The van der Waals surface area contributed by atoms with Gasteiger partial charge >= 0.3 is 11.9 Å². The van der Waals surface area contributed by atoms with Gasteiger partial charge in [0.25, 0.3) is 0 Å². The molecule has 1 aliphatic heterocycles. The molecule has 246 valence electrons.